The second-order valence-corrected chi connectivity index (χ2v) is 4.79. The summed E-state index contributed by atoms with van der Waals surface area (Å²) in [6, 6.07) is 4.23. The van der Waals surface area contributed by atoms with Gasteiger partial charge in [0.25, 0.3) is 5.56 Å². The van der Waals surface area contributed by atoms with Crippen LogP contribution in [0, 0.1) is 0 Å². The van der Waals surface area contributed by atoms with Gasteiger partial charge < -0.3 is 9.88 Å². The molecule has 0 aliphatic rings. The molecular formula is C12H15N3OS. The number of nitrogens with one attached hydrogen (secondary N) is 1. The van der Waals surface area contributed by atoms with Crippen molar-refractivity contribution in [3.63, 3.8) is 0 Å². The van der Waals surface area contributed by atoms with E-state index < -0.39 is 0 Å². The quantitative estimate of drug-likeness (QED) is 0.905. The fourth-order valence-electron chi connectivity index (χ4n) is 1.63. The lowest BCUT2D eigenvalue weighted by Crippen LogP contribution is -2.23. The number of nitrogens with zero attached hydrogens (tertiary/aromatic N) is 2. The molecule has 0 saturated heterocycles. The molecule has 1 unspecified atom stereocenters. The first-order valence-corrected chi connectivity index (χ1v) is 6.42. The van der Waals surface area contributed by atoms with Crippen molar-refractivity contribution in [1.82, 2.24) is 9.55 Å². The summed E-state index contributed by atoms with van der Waals surface area (Å²) in [7, 11) is 1.72. The lowest BCUT2D eigenvalue weighted by Gasteiger charge is -2.15. The molecule has 0 bridgehead atoms. The van der Waals surface area contributed by atoms with Crippen LogP contribution in [0.5, 0.6) is 0 Å². The molecule has 2 aromatic rings. The zero-order valence-corrected chi connectivity index (χ0v) is 10.7. The van der Waals surface area contributed by atoms with Gasteiger partial charge in [-0.05, 0) is 17.9 Å². The lowest BCUT2D eigenvalue weighted by molar-refractivity contribution is 0.745. The Morgan fingerprint density at radius 3 is 3.06 bits per heavy atom. The second-order valence-electron chi connectivity index (χ2n) is 3.81. The van der Waals surface area contributed by atoms with Gasteiger partial charge in [0.15, 0.2) is 5.82 Å². The first-order chi connectivity index (χ1) is 8.22. The molecule has 1 N–H and O–H groups in total. The third-order valence-electron chi connectivity index (χ3n) is 2.62. The van der Waals surface area contributed by atoms with Crippen molar-refractivity contribution in [2.75, 3.05) is 5.32 Å². The van der Waals surface area contributed by atoms with E-state index in [9.17, 15) is 4.79 Å². The molecule has 5 heteroatoms. The SMILES string of the molecule is CCC(Nc1nccn(C)c1=O)c1cccs1. The van der Waals surface area contributed by atoms with E-state index in [0.29, 0.717) is 5.82 Å². The highest BCUT2D eigenvalue weighted by atomic mass is 32.1. The van der Waals surface area contributed by atoms with Crippen molar-refractivity contribution in [2.45, 2.75) is 19.4 Å². The Balaban J connectivity index is 2.25. The number of hydrogen-bond donors (Lipinski definition) is 1. The number of hydrogen-bond acceptors (Lipinski definition) is 4. The Morgan fingerprint density at radius 2 is 2.41 bits per heavy atom. The third-order valence-corrected chi connectivity index (χ3v) is 3.61. The maximum absolute atomic E-state index is 11.8. The molecule has 0 amide bonds. The Morgan fingerprint density at radius 1 is 1.59 bits per heavy atom. The molecule has 90 valence electrons. The van der Waals surface area contributed by atoms with Crippen LogP contribution in [0.3, 0.4) is 0 Å². The van der Waals surface area contributed by atoms with Crippen molar-refractivity contribution in [3.8, 4) is 0 Å². The molecule has 0 aliphatic carbocycles. The Labute approximate surface area is 104 Å². The molecular weight excluding hydrogens is 234 g/mol. The molecule has 0 fully saturated rings. The van der Waals surface area contributed by atoms with Gasteiger partial charge in [0.05, 0.1) is 6.04 Å². The normalized spacial score (nSPS) is 12.4. The Hall–Kier alpha value is -1.62. The number of aromatic nitrogens is 2. The standard InChI is InChI=1S/C12H15N3OS/c1-3-9(10-5-4-8-17-10)14-11-12(16)15(2)7-6-13-11/h4-9H,3H2,1-2H3,(H,13,14). The summed E-state index contributed by atoms with van der Waals surface area (Å²) in [6.45, 7) is 2.09. The summed E-state index contributed by atoms with van der Waals surface area (Å²) < 4.78 is 1.52. The fraction of sp³-hybridized carbons (Fsp3) is 0.333. The summed E-state index contributed by atoms with van der Waals surface area (Å²) in [6.07, 6.45) is 4.20. The number of rotatable bonds is 4. The lowest BCUT2D eigenvalue weighted by atomic mass is 10.2. The van der Waals surface area contributed by atoms with Gasteiger partial charge in [-0.1, -0.05) is 13.0 Å². The average molecular weight is 249 g/mol. The summed E-state index contributed by atoms with van der Waals surface area (Å²) in [5.74, 6) is 0.412. The summed E-state index contributed by atoms with van der Waals surface area (Å²) in [4.78, 5) is 17.2. The van der Waals surface area contributed by atoms with E-state index in [1.54, 1.807) is 30.8 Å². The predicted molar refractivity (Wildman–Crippen MR) is 70.5 cm³/mol. The van der Waals surface area contributed by atoms with Gasteiger partial charge >= 0.3 is 0 Å². The minimum atomic E-state index is -0.0949. The van der Waals surface area contributed by atoms with Gasteiger partial charge in [0.2, 0.25) is 0 Å². The van der Waals surface area contributed by atoms with E-state index in [4.69, 9.17) is 0 Å². The van der Waals surface area contributed by atoms with Crippen molar-refractivity contribution in [1.29, 1.82) is 0 Å². The second kappa shape index (κ2) is 5.14. The highest BCUT2D eigenvalue weighted by Gasteiger charge is 2.12. The molecule has 17 heavy (non-hydrogen) atoms. The van der Waals surface area contributed by atoms with Crippen LogP contribution in [0.15, 0.2) is 34.7 Å². The monoisotopic (exact) mass is 249 g/mol. The van der Waals surface area contributed by atoms with E-state index in [1.165, 1.54) is 9.44 Å². The molecule has 2 aromatic heterocycles. The maximum atomic E-state index is 11.8. The van der Waals surface area contributed by atoms with Gasteiger partial charge in [-0.2, -0.15) is 0 Å². The highest BCUT2D eigenvalue weighted by Crippen LogP contribution is 2.24. The van der Waals surface area contributed by atoms with E-state index in [0.717, 1.165) is 6.42 Å². The first kappa shape index (κ1) is 11.9. The van der Waals surface area contributed by atoms with Gasteiger partial charge in [-0.15, -0.1) is 11.3 Å². The summed E-state index contributed by atoms with van der Waals surface area (Å²) in [5, 5.41) is 5.24. The number of anilines is 1. The minimum Gasteiger partial charge on any atom is -0.358 e. The Bertz CT molecular complexity index is 533. The molecule has 0 saturated carbocycles. The Kier molecular flexibility index (Phi) is 3.58. The molecule has 2 heterocycles. The predicted octanol–water partition coefficient (Wildman–Crippen LogP) is 2.41. The first-order valence-electron chi connectivity index (χ1n) is 5.54. The summed E-state index contributed by atoms with van der Waals surface area (Å²) >= 11 is 1.69. The smallest absolute Gasteiger partial charge is 0.293 e. The highest BCUT2D eigenvalue weighted by molar-refractivity contribution is 7.10. The van der Waals surface area contributed by atoms with Crippen LogP contribution >= 0.6 is 11.3 Å². The van der Waals surface area contributed by atoms with Crippen molar-refractivity contribution >= 4 is 17.2 Å². The van der Waals surface area contributed by atoms with Crippen LogP contribution in [0.2, 0.25) is 0 Å². The largest absolute Gasteiger partial charge is 0.358 e. The molecule has 2 rings (SSSR count). The van der Waals surface area contributed by atoms with E-state index in [2.05, 4.69) is 23.3 Å². The van der Waals surface area contributed by atoms with Crippen LogP contribution in [0.25, 0.3) is 0 Å². The molecule has 0 aliphatic heterocycles. The van der Waals surface area contributed by atoms with Crippen LogP contribution in [-0.2, 0) is 7.05 Å². The fourth-order valence-corrected chi connectivity index (χ4v) is 2.49. The van der Waals surface area contributed by atoms with Gasteiger partial charge in [-0.3, -0.25) is 4.79 Å². The molecule has 0 aromatic carbocycles. The average Bonchev–Trinajstić information content (AvgIpc) is 2.85. The molecule has 0 radical (unpaired) electrons. The van der Waals surface area contributed by atoms with Gasteiger partial charge in [0.1, 0.15) is 0 Å². The van der Waals surface area contributed by atoms with Crippen LogP contribution in [0.1, 0.15) is 24.3 Å². The molecule has 0 spiro atoms. The van der Waals surface area contributed by atoms with E-state index in [-0.39, 0.29) is 11.6 Å². The van der Waals surface area contributed by atoms with Crippen LogP contribution in [0.4, 0.5) is 5.82 Å². The zero-order valence-electron chi connectivity index (χ0n) is 9.88. The van der Waals surface area contributed by atoms with Crippen molar-refractivity contribution in [2.24, 2.45) is 7.05 Å². The zero-order chi connectivity index (χ0) is 12.3. The van der Waals surface area contributed by atoms with E-state index in [1.807, 2.05) is 11.4 Å². The van der Waals surface area contributed by atoms with E-state index >= 15 is 0 Å². The van der Waals surface area contributed by atoms with Crippen LogP contribution in [-0.4, -0.2) is 9.55 Å². The third kappa shape index (κ3) is 2.55. The van der Waals surface area contributed by atoms with Crippen molar-refractivity contribution < 1.29 is 0 Å². The minimum absolute atomic E-state index is 0.0949. The molecule has 1 atom stereocenters. The summed E-state index contributed by atoms with van der Waals surface area (Å²) in [5.41, 5.74) is -0.0949. The van der Waals surface area contributed by atoms with Crippen molar-refractivity contribution in [3.05, 3.63) is 45.1 Å². The number of aryl methyl sites for hydroxylation is 1. The van der Waals surface area contributed by atoms with Crippen LogP contribution < -0.4 is 10.9 Å². The number of thiophene rings is 1. The maximum Gasteiger partial charge on any atom is 0.293 e. The van der Waals surface area contributed by atoms with Gasteiger partial charge in [0, 0.05) is 24.3 Å². The van der Waals surface area contributed by atoms with Gasteiger partial charge in [-0.25, -0.2) is 4.98 Å². The molecule has 4 nitrogen and oxygen atoms in total. The topological polar surface area (TPSA) is 46.9 Å².